The first kappa shape index (κ1) is 6.77. The van der Waals surface area contributed by atoms with E-state index < -0.39 is 0 Å². The van der Waals surface area contributed by atoms with Gasteiger partial charge in [0.15, 0.2) is 5.65 Å². The quantitative estimate of drug-likeness (QED) is 0.705. The summed E-state index contributed by atoms with van der Waals surface area (Å²) in [5.41, 5.74) is 6.89. The zero-order valence-corrected chi connectivity index (χ0v) is 7.56. The number of anilines is 1. The molecule has 56 valence electrons. The maximum absolute atomic E-state index is 5.39. The highest BCUT2D eigenvalue weighted by molar-refractivity contribution is 14.1. The van der Waals surface area contributed by atoms with E-state index in [0.29, 0.717) is 0 Å². The zero-order valence-electron chi connectivity index (χ0n) is 5.40. The smallest absolute Gasteiger partial charge is 0.222 e. The summed E-state index contributed by atoms with van der Waals surface area (Å²) in [6.45, 7) is 0. The molecule has 11 heavy (non-hydrogen) atoms. The van der Waals surface area contributed by atoms with Gasteiger partial charge in [0.2, 0.25) is 5.95 Å². The molecule has 6 heteroatoms. The first-order valence-electron chi connectivity index (χ1n) is 2.89. The van der Waals surface area contributed by atoms with Gasteiger partial charge in [-0.25, -0.2) is 9.97 Å². The van der Waals surface area contributed by atoms with Gasteiger partial charge in [-0.2, -0.15) is 4.98 Å². The molecule has 0 aromatic carbocycles. The summed E-state index contributed by atoms with van der Waals surface area (Å²) in [4.78, 5) is 11.8. The Morgan fingerprint density at radius 2 is 2.27 bits per heavy atom. The van der Waals surface area contributed by atoms with Crippen molar-refractivity contribution in [1.29, 1.82) is 0 Å². The van der Waals surface area contributed by atoms with Gasteiger partial charge in [0.1, 0.15) is 11.8 Å². The monoisotopic (exact) mass is 261 g/mol. The highest BCUT2D eigenvalue weighted by atomic mass is 127. The Hall–Kier alpha value is -0.920. The van der Waals surface area contributed by atoms with Crippen LogP contribution in [0.4, 0.5) is 5.95 Å². The minimum absolute atomic E-state index is 0.274. The molecule has 0 bridgehead atoms. The van der Waals surface area contributed by atoms with Gasteiger partial charge in [0.25, 0.3) is 0 Å². The van der Waals surface area contributed by atoms with Gasteiger partial charge in [-0.05, 0) is 0 Å². The number of fused-ring (bicyclic) bond motifs is 1. The molecule has 2 aromatic heterocycles. The molecular weight excluding hydrogens is 257 g/mol. The van der Waals surface area contributed by atoms with Crippen LogP contribution in [0.5, 0.6) is 0 Å². The lowest BCUT2D eigenvalue weighted by atomic mass is 10.6. The van der Waals surface area contributed by atoms with Crippen LogP contribution in [0, 0.1) is 0 Å². The molecule has 0 aliphatic carbocycles. The van der Waals surface area contributed by atoms with E-state index in [1.807, 2.05) is 0 Å². The molecule has 2 heterocycles. The molecule has 0 aliphatic heterocycles. The molecule has 2 rings (SSSR count). The molecule has 0 aliphatic rings. The van der Waals surface area contributed by atoms with Gasteiger partial charge in [0, 0.05) is 0 Å². The van der Waals surface area contributed by atoms with Crippen LogP contribution < -0.4 is 5.73 Å². The van der Waals surface area contributed by atoms with Crippen LogP contribution in [0.15, 0.2) is 12.5 Å². The average molecular weight is 261 g/mol. The van der Waals surface area contributed by atoms with Crippen molar-refractivity contribution in [3.05, 3.63) is 12.5 Å². The zero-order chi connectivity index (χ0) is 7.84. The molecule has 0 amide bonds. The Labute approximate surface area is 76.1 Å². The maximum Gasteiger partial charge on any atom is 0.222 e. The predicted molar refractivity (Wildman–Crippen MR) is 49.2 cm³/mol. The van der Waals surface area contributed by atoms with Crippen molar-refractivity contribution < 1.29 is 0 Å². The number of nitrogens with two attached hydrogens (primary N) is 1. The van der Waals surface area contributed by atoms with Crippen LogP contribution in [0.2, 0.25) is 0 Å². The maximum atomic E-state index is 5.39. The van der Waals surface area contributed by atoms with E-state index in [9.17, 15) is 0 Å². The van der Waals surface area contributed by atoms with Crippen molar-refractivity contribution in [2.24, 2.45) is 0 Å². The summed E-state index contributed by atoms with van der Waals surface area (Å²) in [6, 6.07) is 0. The molecule has 0 unspecified atom stereocenters. The van der Waals surface area contributed by atoms with Crippen LogP contribution in [0.1, 0.15) is 0 Å². The summed E-state index contributed by atoms with van der Waals surface area (Å²) in [7, 11) is 0. The number of aromatic nitrogens is 4. The summed E-state index contributed by atoms with van der Waals surface area (Å²) >= 11 is 2.08. The summed E-state index contributed by atoms with van der Waals surface area (Å²) in [5, 5.41) is 0. The third-order valence-electron chi connectivity index (χ3n) is 1.27. The number of nitrogen functional groups attached to an aromatic ring is 1. The SMILES string of the molecule is Nc1ncc2ncn(I)c2n1. The van der Waals surface area contributed by atoms with Gasteiger partial charge in [-0.1, -0.05) is 0 Å². The van der Waals surface area contributed by atoms with Crippen LogP contribution in [0.3, 0.4) is 0 Å². The van der Waals surface area contributed by atoms with Crippen molar-refractivity contribution in [1.82, 2.24) is 17.7 Å². The second-order valence-electron chi connectivity index (χ2n) is 1.99. The number of imidazole rings is 1. The number of nitrogens with zero attached hydrogens (tertiary/aromatic N) is 4. The summed E-state index contributed by atoms with van der Waals surface area (Å²) in [5.74, 6) is 0.274. The van der Waals surface area contributed by atoms with E-state index in [1.54, 1.807) is 15.3 Å². The van der Waals surface area contributed by atoms with Gasteiger partial charge in [-0.15, -0.1) is 0 Å². The first-order chi connectivity index (χ1) is 5.27. The standard InChI is InChI=1S/C5H4IN5/c6-11-2-9-3-1-8-5(7)10-4(3)11/h1-2H,(H2,7,8,10). The molecule has 2 N–H and O–H groups in total. The van der Waals surface area contributed by atoms with E-state index in [1.165, 1.54) is 0 Å². The average Bonchev–Trinajstić information content (AvgIpc) is 2.33. The van der Waals surface area contributed by atoms with E-state index in [-0.39, 0.29) is 5.95 Å². The highest BCUT2D eigenvalue weighted by Gasteiger charge is 2.01. The Morgan fingerprint density at radius 1 is 1.45 bits per heavy atom. The van der Waals surface area contributed by atoms with Crippen LogP contribution in [-0.4, -0.2) is 17.7 Å². The predicted octanol–water partition coefficient (Wildman–Crippen LogP) is 0.607. The van der Waals surface area contributed by atoms with E-state index >= 15 is 0 Å². The molecule has 0 fully saturated rings. The van der Waals surface area contributed by atoms with Crippen molar-refractivity contribution in [3.63, 3.8) is 0 Å². The second kappa shape index (κ2) is 2.29. The van der Waals surface area contributed by atoms with Crippen molar-refractivity contribution in [2.45, 2.75) is 0 Å². The lowest BCUT2D eigenvalue weighted by molar-refractivity contribution is 1.21. The lowest BCUT2D eigenvalue weighted by Gasteiger charge is -1.91. The topological polar surface area (TPSA) is 69.6 Å². The van der Waals surface area contributed by atoms with Crippen LogP contribution in [0.25, 0.3) is 11.2 Å². The van der Waals surface area contributed by atoms with Gasteiger partial charge in [0.05, 0.1) is 29.1 Å². The van der Waals surface area contributed by atoms with E-state index in [2.05, 4.69) is 37.8 Å². The molecule has 0 saturated carbocycles. The number of rotatable bonds is 0. The number of hydrogen-bond donors (Lipinski definition) is 1. The van der Waals surface area contributed by atoms with Crippen molar-refractivity contribution in [2.75, 3.05) is 5.73 Å². The fourth-order valence-electron chi connectivity index (χ4n) is 0.796. The molecule has 0 atom stereocenters. The van der Waals surface area contributed by atoms with E-state index in [0.717, 1.165) is 11.2 Å². The Morgan fingerprint density at radius 3 is 3.09 bits per heavy atom. The van der Waals surface area contributed by atoms with Crippen LogP contribution >= 0.6 is 22.9 Å². The van der Waals surface area contributed by atoms with Gasteiger partial charge in [-0.3, -0.25) is 2.78 Å². The summed E-state index contributed by atoms with van der Waals surface area (Å²) in [6.07, 6.45) is 3.27. The molecule has 0 radical (unpaired) electrons. The number of hydrogen-bond acceptors (Lipinski definition) is 4. The number of halogens is 1. The molecule has 0 spiro atoms. The molecule has 0 saturated heterocycles. The lowest BCUT2D eigenvalue weighted by Crippen LogP contribution is -1.94. The summed E-state index contributed by atoms with van der Waals surface area (Å²) < 4.78 is 1.77. The Balaban J connectivity index is 2.87. The minimum atomic E-state index is 0.274. The molecular formula is C5H4IN5. The molecule has 5 nitrogen and oxygen atoms in total. The highest BCUT2D eigenvalue weighted by Crippen LogP contribution is 2.11. The van der Waals surface area contributed by atoms with Crippen molar-refractivity contribution >= 4 is 40.0 Å². The van der Waals surface area contributed by atoms with Crippen molar-refractivity contribution in [3.8, 4) is 0 Å². The van der Waals surface area contributed by atoms with Gasteiger partial charge < -0.3 is 5.73 Å². The Kier molecular flexibility index (Phi) is 1.41. The van der Waals surface area contributed by atoms with Gasteiger partial charge >= 0.3 is 0 Å². The third-order valence-corrected chi connectivity index (χ3v) is 1.98. The van der Waals surface area contributed by atoms with Crippen LogP contribution in [-0.2, 0) is 0 Å². The first-order valence-corrected chi connectivity index (χ1v) is 3.85. The largest absolute Gasteiger partial charge is 0.368 e. The van der Waals surface area contributed by atoms with E-state index in [4.69, 9.17) is 5.73 Å². The second-order valence-corrected chi connectivity index (χ2v) is 3.03. The Bertz CT molecular complexity index is 395. The normalized spacial score (nSPS) is 10.6. The fourth-order valence-corrected chi connectivity index (χ4v) is 1.28. The molecule has 2 aromatic rings. The fraction of sp³-hybridized carbons (Fsp3) is 0. The minimum Gasteiger partial charge on any atom is -0.368 e. The third kappa shape index (κ3) is 1.02.